The largest absolute Gasteiger partial charge is 0.378 e. The van der Waals surface area contributed by atoms with Crippen LogP contribution in [0.3, 0.4) is 0 Å². The predicted molar refractivity (Wildman–Crippen MR) is 104 cm³/mol. The first kappa shape index (κ1) is 16.2. The van der Waals surface area contributed by atoms with Gasteiger partial charge in [0.05, 0.1) is 0 Å². The van der Waals surface area contributed by atoms with E-state index in [1.165, 1.54) is 11.1 Å². The van der Waals surface area contributed by atoms with Crippen LogP contribution < -0.4 is 5.32 Å². The van der Waals surface area contributed by atoms with Crippen LogP contribution in [0.15, 0.2) is 78.9 Å². The van der Waals surface area contributed by atoms with Gasteiger partial charge in [0.15, 0.2) is 0 Å². The lowest BCUT2D eigenvalue weighted by Crippen LogP contribution is -2.58. The summed E-state index contributed by atoms with van der Waals surface area (Å²) in [5, 5.41) is 15.1. The van der Waals surface area contributed by atoms with Gasteiger partial charge in [-0.15, -0.1) is 0 Å². The van der Waals surface area contributed by atoms with Crippen LogP contribution in [-0.4, -0.2) is 22.0 Å². The van der Waals surface area contributed by atoms with Gasteiger partial charge in [-0.1, -0.05) is 72.8 Å². The number of hydrogen-bond donors (Lipinski definition) is 2. The highest BCUT2D eigenvalue weighted by atomic mass is 16.3. The molecule has 4 heteroatoms. The molecule has 0 bridgehead atoms. The summed E-state index contributed by atoms with van der Waals surface area (Å²) in [6, 6.07) is 24.5. The van der Waals surface area contributed by atoms with Gasteiger partial charge in [-0.05, 0) is 22.8 Å². The number of fused-ring (bicyclic) bond motifs is 2. The van der Waals surface area contributed by atoms with Crippen molar-refractivity contribution in [3.05, 3.63) is 101 Å². The van der Waals surface area contributed by atoms with Gasteiger partial charge in [-0.25, -0.2) is 0 Å². The SMILES string of the molecule is O=C1Nc2ccccc2[C@@](O)(c2ccccc2)[C@@H]1N1Cc2ccccc2C1. The third-order valence-electron chi connectivity index (χ3n) is 5.68. The summed E-state index contributed by atoms with van der Waals surface area (Å²) in [6.07, 6.45) is 0. The summed E-state index contributed by atoms with van der Waals surface area (Å²) in [5.41, 5.74) is 3.13. The number of hydrogen-bond acceptors (Lipinski definition) is 3. The molecule has 0 aliphatic carbocycles. The minimum Gasteiger partial charge on any atom is -0.378 e. The minimum atomic E-state index is -1.41. The fourth-order valence-electron chi connectivity index (χ4n) is 4.44. The molecule has 2 aliphatic heterocycles. The lowest BCUT2D eigenvalue weighted by atomic mass is 9.76. The Labute approximate surface area is 158 Å². The van der Waals surface area contributed by atoms with Crippen molar-refractivity contribution in [1.29, 1.82) is 0 Å². The van der Waals surface area contributed by atoms with Crippen LogP contribution >= 0.6 is 0 Å². The molecule has 5 rings (SSSR count). The van der Waals surface area contributed by atoms with E-state index in [4.69, 9.17) is 0 Å². The van der Waals surface area contributed by atoms with Gasteiger partial charge in [0.1, 0.15) is 11.6 Å². The number of rotatable bonds is 2. The summed E-state index contributed by atoms with van der Waals surface area (Å²) in [6.45, 7) is 1.29. The van der Waals surface area contributed by atoms with Crippen molar-refractivity contribution in [2.75, 3.05) is 5.32 Å². The van der Waals surface area contributed by atoms with E-state index in [0.717, 1.165) is 11.1 Å². The highest BCUT2D eigenvalue weighted by Crippen LogP contribution is 2.44. The first-order chi connectivity index (χ1) is 13.2. The molecule has 0 unspecified atom stereocenters. The first-order valence-corrected chi connectivity index (χ1v) is 9.17. The standard InChI is InChI=1S/C23H20N2O2/c26-22-21(25-14-16-8-4-5-9-17(16)15-25)23(27,18-10-2-1-3-11-18)19-12-6-7-13-20(19)24-22/h1-13,21,27H,14-15H2,(H,24,26)/t21-,23+/m1/s1. The Balaban J connectivity index is 1.67. The van der Waals surface area contributed by atoms with Gasteiger partial charge in [-0.2, -0.15) is 0 Å². The number of nitrogens with one attached hydrogen (secondary N) is 1. The van der Waals surface area contributed by atoms with Gasteiger partial charge in [0, 0.05) is 24.3 Å². The van der Waals surface area contributed by atoms with Gasteiger partial charge in [-0.3, -0.25) is 9.69 Å². The highest BCUT2D eigenvalue weighted by molar-refractivity contribution is 6.00. The van der Waals surface area contributed by atoms with Crippen molar-refractivity contribution in [3.8, 4) is 0 Å². The maximum absolute atomic E-state index is 13.2. The number of amides is 1. The van der Waals surface area contributed by atoms with Gasteiger partial charge >= 0.3 is 0 Å². The normalized spacial score (nSPS) is 24.2. The van der Waals surface area contributed by atoms with Crippen molar-refractivity contribution in [2.45, 2.75) is 24.7 Å². The summed E-state index contributed by atoms with van der Waals surface area (Å²) in [5.74, 6) is -0.173. The number of carbonyl (C=O) groups is 1. The summed E-state index contributed by atoms with van der Waals surface area (Å²) < 4.78 is 0. The Hall–Kier alpha value is -2.95. The van der Waals surface area contributed by atoms with Crippen LogP contribution in [-0.2, 0) is 23.5 Å². The second-order valence-corrected chi connectivity index (χ2v) is 7.24. The third-order valence-corrected chi connectivity index (χ3v) is 5.68. The average molecular weight is 356 g/mol. The molecule has 0 aromatic heterocycles. The van der Waals surface area contributed by atoms with Gasteiger partial charge < -0.3 is 10.4 Å². The maximum atomic E-state index is 13.2. The van der Waals surface area contributed by atoms with E-state index in [2.05, 4.69) is 22.3 Å². The second-order valence-electron chi connectivity index (χ2n) is 7.24. The van der Waals surface area contributed by atoms with Gasteiger partial charge in [0.2, 0.25) is 5.91 Å². The zero-order valence-electron chi connectivity index (χ0n) is 14.8. The van der Waals surface area contributed by atoms with Crippen LogP contribution in [0.2, 0.25) is 0 Å². The molecule has 0 saturated carbocycles. The van der Waals surface area contributed by atoms with Crippen LogP contribution in [0.1, 0.15) is 22.3 Å². The number of carbonyl (C=O) groups excluding carboxylic acids is 1. The van der Waals surface area contributed by atoms with Crippen molar-refractivity contribution in [3.63, 3.8) is 0 Å². The van der Waals surface area contributed by atoms with Crippen LogP contribution in [0.4, 0.5) is 5.69 Å². The molecule has 27 heavy (non-hydrogen) atoms. The molecule has 0 spiro atoms. The fraction of sp³-hybridized carbons (Fsp3) is 0.174. The summed E-state index contributed by atoms with van der Waals surface area (Å²) >= 11 is 0. The van der Waals surface area contributed by atoms with E-state index >= 15 is 0 Å². The maximum Gasteiger partial charge on any atom is 0.245 e. The average Bonchev–Trinajstić information content (AvgIpc) is 3.12. The Morgan fingerprint density at radius 1 is 0.852 bits per heavy atom. The topological polar surface area (TPSA) is 52.6 Å². The first-order valence-electron chi connectivity index (χ1n) is 9.17. The van der Waals surface area contributed by atoms with Crippen molar-refractivity contribution in [1.82, 2.24) is 4.90 Å². The molecule has 134 valence electrons. The minimum absolute atomic E-state index is 0.173. The number of nitrogens with zero attached hydrogens (tertiary/aromatic N) is 1. The monoisotopic (exact) mass is 356 g/mol. The second kappa shape index (κ2) is 6.05. The Morgan fingerprint density at radius 2 is 1.44 bits per heavy atom. The van der Waals surface area contributed by atoms with E-state index in [1.807, 2.05) is 66.7 Å². The molecule has 2 aliphatic rings. The number of para-hydroxylation sites is 1. The predicted octanol–water partition coefficient (Wildman–Crippen LogP) is 3.26. The zero-order chi connectivity index (χ0) is 18.4. The number of benzene rings is 3. The molecule has 3 aromatic rings. The lowest BCUT2D eigenvalue weighted by molar-refractivity contribution is -0.132. The molecule has 0 radical (unpaired) electrons. The Kier molecular flexibility index (Phi) is 3.64. The smallest absolute Gasteiger partial charge is 0.245 e. The quantitative estimate of drug-likeness (QED) is 0.741. The zero-order valence-corrected chi connectivity index (χ0v) is 14.8. The molecule has 2 atom stereocenters. The van der Waals surface area contributed by atoms with E-state index in [0.29, 0.717) is 18.8 Å². The van der Waals surface area contributed by atoms with E-state index in [-0.39, 0.29) is 5.91 Å². The van der Waals surface area contributed by atoms with Crippen molar-refractivity contribution < 1.29 is 9.90 Å². The highest BCUT2D eigenvalue weighted by Gasteiger charge is 2.52. The lowest BCUT2D eigenvalue weighted by Gasteiger charge is -2.44. The Bertz CT molecular complexity index is 993. The summed E-state index contributed by atoms with van der Waals surface area (Å²) in [7, 11) is 0. The molecule has 2 N–H and O–H groups in total. The Morgan fingerprint density at radius 3 is 2.15 bits per heavy atom. The molecular formula is C23H20N2O2. The molecule has 1 amide bonds. The van der Waals surface area contributed by atoms with Crippen LogP contribution in [0, 0.1) is 0 Å². The summed E-state index contributed by atoms with van der Waals surface area (Å²) in [4.78, 5) is 15.2. The molecule has 2 heterocycles. The fourth-order valence-corrected chi connectivity index (χ4v) is 4.44. The molecule has 3 aromatic carbocycles. The van der Waals surface area contributed by atoms with E-state index in [9.17, 15) is 9.90 Å². The van der Waals surface area contributed by atoms with Crippen LogP contribution in [0.25, 0.3) is 0 Å². The molecule has 0 fully saturated rings. The number of anilines is 1. The third kappa shape index (κ3) is 2.41. The van der Waals surface area contributed by atoms with Crippen molar-refractivity contribution >= 4 is 11.6 Å². The molecule has 4 nitrogen and oxygen atoms in total. The van der Waals surface area contributed by atoms with Crippen molar-refractivity contribution in [2.24, 2.45) is 0 Å². The molecule has 0 saturated heterocycles. The van der Waals surface area contributed by atoms with Gasteiger partial charge in [0.25, 0.3) is 0 Å². The number of aliphatic hydroxyl groups is 1. The van der Waals surface area contributed by atoms with E-state index in [1.54, 1.807) is 0 Å². The van der Waals surface area contributed by atoms with Crippen LogP contribution in [0.5, 0.6) is 0 Å². The molecular weight excluding hydrogens is 336 g/mol. The van der Waals surface area contributed by atoms with E-state index < -0.39 is 11.6 Å².